The number of likely N-dealkylation sites (tertiary alicyclic amines) is 1. The van der Waals surface area contributed by atoms with Gasteiger partial charge in [-0.3, -0.25) is 0 Å². The van der Waals surface area contributed by atoms with Crippen LogP contribution in [-0.2, 0) is 0 Å². The maximum absolute atomic E-state index is 5.61. The molecule has 1 atom stereocenters. The Morgan fingerprint density at radius 1 is 1.58 bits per heavy atom. The summed E-state index contributed by atoms with van der Waals surface area (Å²) in [6.45, 7) is 8.84. The predicted molar refractivity (Wildman–Crippen MR) is 52.1 cm³/mol. The minimum absolute atomic E-state index is 0.756. The minimum atomic E-state index is 0.756. The van der Waals surface area contributed by atoms with Gasteiger partial charge in [0.15, 0.2) is 0 Å². The molecule has 0 bridgehead atoms. The van der Waals surface area contributed by atoms with E-state index < -0.39 is 0 Å². The highest BCUT2D eigenvalue weighted by molar-refractivity contribution is 4.76. The summed E-state index contributed by atoms with van der Waals surface area (Å²) in [7, 11) is 0. The Labute approximate surface area is 75.3 Å². The maximum atomic E-state index is 5.61. The highest BCUT2D eigenvalue weighted by atomic mass is 15.2. The monoisotopic (exact) mass is 171 g/mol. The molecule has 1 saturated heterocycles. The molecule has 0 aliphatic carbocycles. The van der Waals surface area contributed by atoms with E-state index in [1.54, 1.807) is 0 Å². The second kappa shape index (κ2) is 5.51. The fourth-order valence-electron chi connectivity index (χ4n) is 1.72. The van der Waals surface area contributed by atoms with E-state index in [9.17, 15) is 0 Å². The van der Waals surface area contributed by atoms with Gasteiger partial charge in [-0.1, -0.05) is 6.92 Å². The van der Waals surface area contributed by atoms with Gasteiger partial charge in [0, 0.05) is 19.6 Å². The smallest absolute Gasteiger partial charge is 0.0107 e. The SMILES string of the molecule is CCNCCN1CCC(CN)C1. The Morgan fingerprint density at radius 3 is 3.00 bits per heavy atom. The Morgan fingerprint density at radius 2 is 2.42 bits per heavy atom. The summed E-state index contributed by atoms with van der Waals surface area (Å²) >= 11 is 0. The van der Waals surface area contributed by atoms with E-state index in [0.717, 1.165) is 25.6 Å². The zero-order chi connectivity index (χ0) is 8.81. The Kier molecular flexibility index (Phi) is 4.58. The second-order valence-corrected chi connectivity index (χ2v) is 3.54. The van der Waals surface area contributed by atoms with Crippen molar-refractivity contribution in [2.75, 3.05) is 39.3 Å². The molecule has 1 heterocycles. The van der Waals surface area contributed by atoms with Gasteiger partial charge in [-0.25, -0.2) is 0 Å². The first-order valence-electron chi connectivity index (χ1n) is 5.00. The molecule has 0 saturated carbocycles. The predicted octanol–water partition coefficient (Wildman–Crippen LogP) is -0.123. The molecule has 3 heteroatoms. The molecule has 72 valence electrons. The van der Waals surface area contributed by atoms with Crippen molar-refractivity contribution in [3.8, 4) is 0 Å². The molecule has 0 aromatic carbocycles. The van der Waals surface area contributed by atoms with Crippen molar-refractivity contribution in [1.82, 2.24) is 10.2 Å². The average molecular weight is 171 g/mol. The van der Waals surface area contributed by atoms with Gasteiger partial charge < -0.3 is 16.0 Å². The lowest BCUT2D eigenvalue weighted by Crippen LogP contribution is -2.31. The summed E-state index contributed by atoms with van der Waals surface area (Å²) in [5.74, 6) is 0.756. The van der Waals surface area contributed by atoms with E-state index in [1.807, 2.05) is 0 Å². The number of nitrogens with two attached hydrogens (primary N) is 1. The molecule has 1 aliphatic rings. The summed E-state index contributed by atoms with van der Waals surface area (Å²) < 4.78 is 0. The molecule has 0 aromatic heterocycles. The summed E-state index contributed by atoms with van der Waals surface area (Å²) in [6, 6.07) is 0. The van der Waals surface area contributed by atoms with Crippen molar-refractivity contribution in [1.29, 1.82) is 0 Å². The zero-order valence-corrected chi connectivity index (χ0v) is 8.05. The third-order valence-corrected chi connectivity index (χ3v) is 2.56. The van der Waals surface area contributed by atoms with E-state index in [-0.39, 0.29) is 0 Å². The number of nitrogens with zero attached hydrogens (tertiary/aromatic N) is 1. The normalized spacial score (nSPS) is 25.0. The molecule has 0 aromatic rings. The average Bonchev–Trinajstić information content (AvgIpc) is 2.53. The lowest BCUT2D eigenvalue weighted by molar-refractivity contribution is 0.324. The van der Waals surface area contributed by atoms with Gasteiger partial charge in [-0.15, -0.1) is 0 Å². The van der Waals surface area contributed by atoms with E-state index in [1.165, 1.54) is 26.1 Å². The van der Waals surface area contributed by atoms with Crippen LogP contribution in [0.2, 0.25) is 0 Å². The van der Waals surface area contributed by atoms with Crippen LogP contribution in [-0.4, -0.2) is 44.2 Å². The number of hydrogen-bond acceptors (Lipinski definition) is 3. The molecule has 3 N–H and O–H groups in total. The molecule has 12 heavy (non-hydrogen) atoms. The van der Waals surface area contributed by atoms with Crippen LogP contribution in [0.3, 0.4) is 0 Å². The van der Waals surface area contributed by atoms with Crippen LogP contribution in [0.15, 0.2) is 0 Å². The summed E-state index contributed by atoms with van der Waals surface area (Å²) in [5.41, 5.74) is 5.61. The van der Waals surface area contributed by atoms with Crippen molar-refractivity contribution in [3.05, 3.63) is 0 Å². The Hall–Kier alpha value is -0.120. The van der Waals surface area contributed by atoms with Crippen molar-refractivity contribution >= 4 is 0 Å². The summed E-state index contributed by atoms with van der Waals surface area (Å²) in [5, 5.41) is 3.34. The van der Waals surface area contributed by atoms with E-state index >= 15 is 0 Å². The van der Waals surface area contributed by atoms with Crippen molar-refractivity contribution in [3.63, 3.8) is 0 Å². The molecular weight excluding hydrogens is 150 g/mol. The molecule has 0 amide bonds. The maximum Gasteiger partial charge on any atom is 0.0107 e. The van der Waals surface area contributed by atoms with Gasteiger partial charge in [0.2, 0.25) is 0 Å². The number of nitrogens with one attached hydrogen (secondary N) is 1. The first kappa shape index (κ1) is 9.96. The second-order valence-electron chi connectivity index (χ2n) is 3.54. The summed E-state index contributed by atoms with van der Waals surface area (Å²) in [4.78, 5) is 2.50. The zero-order valence-electron chi connectivity index (χ0n) is 8.05. The highest BCUT2D eigenvalue weighted by Crippen LogP contribution is 2.13. The minimum Gasteiger partial charge on any atom is -0.330 e. The van der Waals surface area contributed by atoms with Crippen molar-refractivity contribution < 1.29 is 0 Å². The van der Waals surface area contributed by atoms with Crippen molar-refractivity contribution in [2.45, 2.75) is 13.3 Å². The van der Waals surface area contributed by atoms with Gasteiger partial charge in [0.05, 0.1) is 0 Å². The fourth-order valence-corrected chi connectivity index (χ4v) is 1.72. The highest BCUT2D eigenvalue weighted by Gasteiger charge is 2.19. The standard InChI is InChI=1S/C9H21N3/c1-2-11-4-6-12-5-3-9(7-10)8-12/h9,11H,2-8,10H2,1H3. The molecule has 1 aliphatic heterocycles. The van der Waals surface area contributed by atoms with Crippen LogP contribution in [0.25, 0.3) is 0 Å². The van der Waals surface area contributed by atoms with E-state index in [4.69, 9.17) is 5.73 Å². The van der Waals surface area contributed by atoms with Gasteiger partial charge in [0.1, 0.15) is 0 Å². The van der Waals surface area contributed by atoms with Gasteiger partial charge in [0.25, 0.3) is 0 Å². The molecule has 1 fully saturated rings. The molecule has 0 radical (unpaired) electrons. The van der Waals surface area contributed by atoms with Crippen LogP contribution in [0.1, 0.15) is 13.3 Å². The Balaban J connectivity index is 2.03. The third-order valence-electron chi connectivity index (χ3n) is 2.56. The van der Waals surface area contributed by atoms with E-state index in [2.05, 4.69) is 17.1 Å². The van der Waals surface area contributed by atoms with Crippen LogP contribution in [0.5, 0.6) is 0 Å². The topological polar surface area (TPSA) is 41.3 Å². The fraction of sp³-hybridized carbons (Fsp3) is 1.00. The largest absolute Gasteiger partial charge is 0.330 e. The molecule has 1 rings (SSSR count). The molecule has 3 nitrogen and oxygen atoms in total. The quantitative estimate of drug-likeness (QED) is 0.567. The van der Waals surface area contributed by atoms with Crippen molar-refractivity contribution in [2.24, 2.45) is 11.7 Å². The third kappa shape index (κ3) is 3.09. The molecule has 1 unspecified atom stereocenters. The number of hydrogen-bond donors (Lipinski definition) is 2. The van der Waals surface area contributed by atoms with Gasteiger partial charge in [-0.05, 0) is 32.0 Å². The van der Waals surface area contributed by atoms with E-state index in [0.29, 0.717) is 0 Å². The molecular formula is C9H21N3. The van der Waals surface area contributed by atoms with Crippen LogP contribution in [0.4, 0.5) is 0 Å². The lowest BCUT2D eigenvalue weighted by Gasteiger charge is -2.15. The van der Waals surface area contributed by atoms with Gasteiger partial charge in [-0.2, -0.15) is 0 Å². The number of likely N-dealkylation sites (N-methyl/N-ethyl adjacent to an activating group) is 1. The summed E-state index contributed by atoms with van der Waals surface area (Å²) in [6.07, 6.45) is 1.29. The van der Waals surface area contributed by atoms with Crippen LogP contribution < -0.4 is 11.1 Å². The van der Waals surface area contributed by atoms with Crippen LogP contribution in [0, 0.1) is 5.92 Å². The number of rotatable bonds is 5. The first-order valence-corrected chi connectivity index (χ1v) is 5.00. The Bertz CT molecular complexity index is 116. The lowest BCUT2D eigenvalue weighted by atomic mass is 10.1. The van der Waals surface area contributed by atoms with Gasteiger partial charge >= 0.3 is 0 Å². The first-order chi connectivity index (χ1) is 5.86. The van der Waals surface area contributed by atoms with Crippen LogP contribution >= 0.6 is 0 Å². The molecule has 0 spiro atoms.